The molecule has 3 N–H and O–H groups in total. The first-order chi connectivity index (χ1) is 11.7. The first kappa shape index (κ1) is 18.8. The largest absolute Gasteiger partial charge is 0.329 e. The van der Waals surface area contributed by atoms with Crippen molar-refractivity contribution < 1.29 is 0 Å². The highest BCUT2D eigenvalue weighted by molar-refractivity contribution is 7.18. The van der Waals surface area contributed by atoms with E-state index in [9.17, 15) is 4.79 Å². The summed E-state index contributed by atoms with van der Waals surface area (Å²) < 4.78 is 0. The minimum Gasteiger partial charge on any atom is -0.329 e. The van der Waals surface area contributed by atoms with E-state index in [1.807, 2.05) is 0 Å². The Labute approximate surface area is 157 Å². The molecule has 0 saturated carbocycles. The number of thiophene rings is 1. The van der Waals surface area contributed by atoms with Gasteiger partial charge in [0.05, 0.1) is 11.9 Å². The highest BCUT2D eigenvalue weighted by Gasteiger charge is 2.21. The second kappa shape index (κ2) is 8.14. The molecule has 1 fully saturated rings. The molecular formula is C17H26ClN5OS. The van der Waals surface area contributed by atoms with Crippen LogP contribution in [0.2, 0.25) is 0 Å². The van der Waals surface area contributed by atoms with Crippen molar-refractivity contribution in [2.75, 3.05) is 39.3 Å². The zero-order valence-corrected chi connectivity index (χ0v) is 16.1. The Morgan fingerprint density at radius 3 is 2.60 bits per heavy atom. The Morgan fingerprint density at radius 1 is 1.12 bits per heavy atom. The summed E-state index contributed by atoms with van der Waals surface area (Å²) in [6.45, 7) is 6.49. The monoisotopic (exact) mass is 383 g/mol. The maximum Gasteiger partial charge on any atom is 0.259 e. The number of nitrogens with two attached hydrogens (primary N) is 1. The minimum atomic E-state index is 0. The summed E-state index contributed by atoms with van der Waals surface area (Å²) in [6, 6.07) is 0. The normalized spacial score (nSPS) is 18.9. The molecule has 3 heterocycles. The molecule has 25 heavy (non-hydrogen) atoms. The average Bonchev–Trinajstić information content (AvgIpc) is 2.95. The van der Waals surface area contributed by atoms with Gasteiger partial charge in [-0.15, -0.1) is 23.7 Å². The van der Waals surface area contributed by atoms with Crippen LogP contribution < -0.4 is 11.3 Å². The van der Waals surface area contributed by atoms with Crippen LogP contribution in [0, 0.1) is 0 Å². The van der Waals surface area contributed by atoms with Crippen molar-refractivity contribution in [3.05, 3.63) is 26.6 Å². The lowest BCUT2D eigenvalue weighted by molar-refractivity contribution is 0.127. The van der Waals surface area contributed by atoms with Crippen LogP contribution in [-0.4, -0.2) is 59.0 Å². The fraction of sp³-hybridized carbons (Fsp3) is 0.647. The van der Waals surface area contributed by atoms with Gasteiger partial charge in [0.25, 0.3) is 5.56 Å². The van der Waals surface area contributed by atoms with E-state index >= 15 is 0 Å². The summed E-state index contributed by atoms with van der Waals surface area (Å²) in [5.41, 5.74) is 6.94. The summed E-state index contributed by atoms with van der Waals surface area (Å²) in [6.07, 6.45) is 4.56. The predicted molar refractivity (Wildman–Crippen MR) is 105 cm³/mol. The van der Waals surface area contributed by atoms with E-state index in [1.54, 1.807) is 11.3 Å². The Kier molecular flexibility index (Phi) is 6.12. The number of fused-ring (bicyclic) bond motifs is 3. The number of hydrogen-bond donors (Lipinski definition) is 2. The van der Waals surface area contributed by atoms with E-state index < -0.39 is 0 Å². The first-order valence-electron chi connectivity index (χ1n) is 8.93. The summed E-state index contributed by atoms with van der Waals surface area (Å²) >= 11 is 1.73. The van der Waals surface area contributed by atoms with Crippen LogP contribution in [0.5, 0.6) is 0 Å². The lowest BCUT2D eigenvalue weighted by Crippen LogP contribution is -2.47. The van der Waals surface area contributed by atoms with Crippen molar-refractivity contribution in [3.63, 3.8) is 0 Å². The van der Waals surface area contributed by atoms with Gasteiger partial charge in [0.2, 0.25) is 0 Å². The van der Waals surface area contributed by atoms with Crippen molar-refractivity contribution in [2.24, 2.45) is 5.73 Å². The van der Waals surface area contributed by atoms with Crippen molar-refractivity contribution in [1.29, 1.82) is 0 Å². The number of aromatic amines is 1. The van der Waals surface area contributed by atoms with Crippen molar-refractivity contribution in [2.45, 2.75) is 32.2 Å². The number of hydrogen-bond acceptors (Lipinski definition) is 6. The summed E-state index contributed by atoms with van der Waals surface area (Å²) in [4.78, 5) is 27.5. The van der Waals surface area contributed by atoms with E-state index in [0.29, 0.717) is 6.54 Å². The molecule has 0 aromatic carbocycles. The maximum absolute atomic E-state index is 12.6. The number of aromatic nitrogens is 2. The Hall–Kier alpha value is -0.990. The van der Waals surface area contributed by atoms with Crippen LogP contribution in [0.3, 0.4) is 0 Å². The molecule has 2 aliphatic rings. The quantitative estimate of drug-likeness (QED) is 0.833. The Morgan fingerprint density at radius 2 is 1.84 bits per heavy atom. The van der Waals surface area contributed by atoms with Gasteiger partial charge in [0.15, 0.2) is 0 Å². The van der Waals surface area contributed by atoms with Gasteiger partial charge >= 0.3 is 0 Å². The van der Waals surface area contributed by atoms with Crippen LogP contribution in [0.15, 0.2) is 4.79 Å². The molecule has 138 valence electrons. The number of H-pyrrole nitrogens is 1. The molecule has 6 nitrogen and oxygen atoms in total. The Balaban J connectivity index is 0.00000182. The van der Waals surface area contributed by atoms with Crippen LogP contribution in [-0.2, 0) is 19.4 Å². The Bertz CT molecular complexity index is 781. The molecule has 2 aromatic heterocycles. The van der Waals surface area contributed by atoms with E-state index in [-0.39, 0.29) is 18.0 Å². The predicted octanol–water partition coefficient (Wildman–Crippen LogP) is 1.36. The van der Waals surface area contributed by atoms with E-state index in [1.165, 1.54) is 23.3 Å². The van der Waals surface area contributed by atoms with Crippen LogP contribution >= 0.6 is 23.7 Å². The van der Waals surface area contributed by atoms with Crippen LogP contribution in [0.4, 0.5) is 0 Å². The van der Waals surface area contributed by atoms with Gasteiger partial charge in [-0.1, -0.05) is 0 Å². The number of halogens is 1. The molecule has 4 rings (SSSR count). The highest BCUT2D eigenvalue weighted by atomic mass is 35.5. The second-order valence-electron chi connectivity index (χ2n) is 6.81. The van der Waals surface area contributed by atoms with Crippen molar-refractivity contribution in [1.82, 2.24) is 19.8 Å². The topological polar surface area (TPSA) is 78.2 Å². The third-order valence-corrected chi connectivity index (χ3v) is 6.34. The van der Waals surface area contributed by atoms with Crippen LogP contribution in [0.25, 0.3) is 10.2 Å². The van der Waals surface area contributed by atoms with Gasteiger partial charge in [0.1, 0.15) is 10.7 Å². The van der Waals surface area contributed by atoms with E-state index in [0.717, 1.165) is 68.2 Å². The van der Waals surface area contributed by atoms with Gasteiger partial charge < -0.3 is 10.7 Å². The highest BCUT2D eigenvalue weighted by Crippen LogP contribution is 2.33. The van der Waals surface area contributed by atoms with Crippen LogP contribution in [0.1, 0.15) is 29.1 Å². The standard InChI is InChI=1S/C17H25N5OS.ClH/c18-5-6-21-7-9-22(10-8-21)11-14-19-16(23)15-12-3-1-2-4-13(12)24-17(15)20-14;/h1-11,18H2,(H,19,20,23);1H. The summed E-state index contributed by atoms with van der Waals surface area (Å²) in [5, 5.41) is 0.853. The SMILES string of the molecule is Cl.NCCN1CCN(Cc2nc3sc4c(c3c(=O)[nH]2)CCCC4)CC1. The lowest BCUT2D eigenvalue weighted by Gasteiger charge is -2.34. The van der Waals surface area contributed by atoms with Gasteiger partial charge in [-0.3, -0.25) is 14.6 Å². The fourth-order valence-corrected chi connectivity index (χ4v) is 5.13. The molecular weight excluding hydrogens is 358 g/mol. The fourth-order valence-electron chi connectivity index (χ4n) is 3.85. The molecule has 0 atom stereocenters. The molecule has 1 aliphatic carbocycles. The minimum absolute atomic E-state index is 0. The number of aryl methyl sites for hydroxylation is 2. The molecule has 0 unspecified atom stereocenters. The smallest absolute Gasteiger partial charge is 0.259 e. The molecule has 8 heteroatoms. The molecule has 0 amide bonds. The van der Waals surface area contributed by atoms with Crippen molar-refractivity contribution >= 4 is 34.0 Å². The number of nitrogens with zero attached hydrogens (tertiary/aromatic N) is 3. The number of nitrogens with one attached hydrogen (secondary N) is 1. The third-order valence-electron chi connectivity index (χ3n) is 5.16. The first-order valence-corrected chi connectivity index (χ1v) is 9.74. The molecule has 0 radical (unpaired) electrons. The van der Waals surface area contributed by atoms with Gasteiger partial charge in [-0.25, -0.2) is 4.98 Å². The maximum atomic E-state index is 12.6. The molecule has 1 aliphatic heterocycles. The average molecular weight is 384 g/mol. The van der Waals surface area contributed by atoms with E-state index in [2.05, 4.69) is 14.8 Å². The number of piperazine rings is 1. The lowest BCUT2D eigenvalue weighted by atomic mass is 9.97. The molecule has 1 saturated heterocycles. The van der Waals surface area contributed by atoms with Gasteiger partial charge in [-0.05, 0) is 31.2 Å². The summed E-state index contributed by atoms with van der Waals surface area (Å²) in [7, 11) is 0. The van der Waals surface area contributed by atoms with E-state index in [4.69, 9.17) is 10.7 Å². The van der Waals surface area contributed by atoms with Gasteiger partial charge in [-0.2, -0.15) is 0 Å². The van der Waals surface area contributed by atoms with Crippen molar-refractivity contribution in [3.8, 4) is 0 Å². The molecule has 2 aromatic rings. The summed E-state index contributed by atoms with van der Waals surface area (Å²) in [5.74, 6) is 0.804. The zero-order chi connectivity index (χ0) is 16.5. The second-order valence-corrected chi connectivity index (χ2v) is 7.89. The van der Waals surface area contributed by atoms with Gasteiger partial charge in [0, 0.05) is 44.1 Å². The number of rotatable bonds is 4. The molecule has 0 spiro atoms. The zero-order valence-electron chi connectivity index (χ0n) is 14.4. The molecule has 0 bridgehead atoms. The third kappa shape index (κ3) is 3.90.